The van der Waals surface area contributed by atoms with Crippen molar-refractivity contribution in [2.75, 3.05) is 6.54 Å². The zero-order chi connectivity index (χ0) is 21.9. The molecule has 8 heteroatoms. The molecule has 1 heterocycles. The molecule has 1 saturated heterocycles. The highest BCUT2D eigenvalue weighted by atomic mass is 16.2. The lowest BCUT2D eigenvalue weighted by molar-refractivity contribution is -0.131. The van der Waals surface area contributed by atoms with Crippen molar-refractivity contribution < 1.29 is 19.2 Å². The van der Waals surface area contributed by atoms with E-state index in [-0.39, 0.29) is 36.2 Å². The van der Waals surface area contributed by atoms with Gasteiger partial charge >= 0.3 is 6.03 Å². The van der Waals surface area contributed by atoms with E-state index in [1.54, 1.807) is 12.1 Å². The summed E-state index contributed by atoms with van der Waals surface area (Å²) in [5.41, 5.74) is 5.60. The van der Waals surface area contributed by atoms with E-state index in [1.807, 2.05) is 12.1 Å². The van der Waals surface area contributed by atoms with E-state index in [4.69, 9.17) is 0 Å². The fourth-order valence-electron chi connectivity index (χ4n) is 3.98. The van der Waals surface area contributed by atoms with E-state index >= 15 is 0 Å². The van der Waals surface area contributed by atoms with Crippen LogP contribution in [0.2, 0.25) is 0 Å². The summed E-state index contributed by atoms with van der Waals surface area (Å²) < 4.78 is 0. The number of benzene rings is 1. The van der Waals surface area contributed by atoms with Crippen molar-refractivity contribution >= 4 is 23.8 Å². The summed E-state index contributed by atoms with van der Waals surface area (Å²) >= 11 is 0. The van der Waals surface area contributed by atoms with Crippen molar-refractivity contribution in [1.29, 1.82) is 0 Å². The molecule has 0 atom stereocenters. The molecule has 0 unspecified atom stereocenters. The van der Waals surface area contributed by atoms with Crippen molar-refractivity contribution in [3.05, 3.63) is 35.4 Å². The Morgan fingerprint density at radius 3 is 2.30 bits per heavy atom. The molecule has 1 aromatic rings. The summed E-state index contributed by atoms with van der Waals surface area (Å²) in [6.07, 6.45) is 3.64. The highest BCUT2D eigenvalue weighted by Gasteiger charge is 2.52. The number of amides is 5. The first-order valence-electron chi connectivity index (χ1n) is 10.5. The molecule has 3 N–H and O–H groups in total. The lowest BCUT2D eigenvalue weighted by Crippen LogP contribution is -2.44. The molecule has 162 valence electrons. The third-order valence-corrected chi connectivity index (χ3v) is 5.82. The Bertz CT molecular complexity index is 836. The number of hydrazine groups is 1. The zero-order valence-corrected chi connectivity index (χ0v) is 17.8. The molecular weight excluding hydrogens is 384 g/mol. The van der Waals surface area contributed by atoms with Gasteiger partial charge < -0.3 is 5.32 Å². The summed E-state index contributed by atoms with van der Waals surface area (Å²) in [6.45, 7) is 6.46. The van der Waals surface area contributed by atoms with Gasteiger partial charge in [-0.1, -0.05) is 45.7 Å². The molecule has 3 rings (SSSR count). The van der Waals surface area contributed by atoms with Crippen LogP contribution >= 0.6 is 0 Å². The van der Waals surface area contributed by atoms with Crippen molar-refractivity contribution in [3.63, 3.8) is 0 Å². The van der Waals surface area contributed by atoms with Crippen LogP contribution in [0.1, 0.15) is 75.2 Å². The van der Waals surface area contributed by atoms with E-state index in [1.165, 1.54) is 4.90 Å². The van der Waals surface area contributed by atoms with Crippen LogP contribution in [0, 0.1) is 0 Å². The molecule has 2 fully saturated rings. The molecule has 2 aliphatic rings. The Morgan fingerprint density at radius 1 is 1.07 bits per heavy atom. The van der Waals surface area contributed by atoms with Crippen molar-refractivity contribution in [1.82, 2.24) is 21.1 Å². The topological polar surface area (TPSA) is 108 Å². The first-order chi connectivity index (χ1) is 14.1. The van der Waals surface area contributed by atoms with Crippen LogP contribution in [-0.4, -0.2) is 40.7 Å². The van der Waals surface area contributed by atoms with Gasteiger partial charge in [0.15, 0.2) is 0 Å². The van der Waals surface area contributed by atoms with Crippen LogP contribution in [0.25, 0.3) is 0 Å². The number of nitrogens with one attached hydrogen (secondary N) is 3. The quantitative estimate of drug-likeness (QED) is 0.508. The normalized spacial score (nSPS) is 17.9. The summed E-state index contributed by atoms with van der Waals surface area (Å²) in [7, 11) is 0. The number of nitrogens with zero attached hydrogens (tertiary/aromatic N) is 1. The highest BCUT2D eigenvalue weighted by Crippen LogP contribution is 2.35. The van der Waals surface area contributed by atoms with Gasteiger partial charge in [0.25, 0.3) is 11.8 Å². The molecule has 1 aliphatic carbocycles. The van der Waals surface area contributed by atoms with Gasteiger partial charge in [-0.15, -0.1) is 0 Å². The number of hydrogen-bond donors (Lipinski definition) is 3. The molecule has 30 heavy (non-hydrogen) atoms. The third kappa shape index (κ3) is 4.63. The molecule has 0 aromatic heterocycles. The number of urea groups is 1. The predicted octanol–water partition coefficient (Wildman–Crippen LogP) is 2.39. The minimum Gasteiger partial charge on any atom is -0.323 e. The first kappa shape index (κ1) is 21.8. The number of hydrogen-bond acceptors (Lipinski definition) is 4. The van der Waals surface area contributed by atoms with E-state index in [9.17, 15) is 19.2 Å². The Labute approximate surface area is 176 Å². The van der Waals surface area contributed by atoms with Gasteiger partial charge in [0.1, 0.15) is 5.54 Å². The number of carbonyl (C=O) groups is 4. The minimum atomic E-state index is -0.726. The SMILES string of the molecule is CC(C)(C)c1ccc(C(=O)NNC(=O)CCCN2C(=O)NC3(CCCC3)C2=O)cc1. The van der Waals surface area contributed by atoms with Gasteiger partial charge in [0, 0.05) is 18.5 Å². The second kappa shape index (κ2) is 8.45. The Kier molecular flexibility index (Phi) is 6.14. The molecule has 0 bridgehead atoms. The Morgan fingerprint density at radius 2 is 1.70 bits per heavy atom. The highest BCUT2D eigenvalue weighted by molar-refractivity contribution is 6.07. The maximum atomic E-state index is 12.6. The fraction of sp³-hybridized carbons (Fsp3) is 0.545. The summed E-state index contributed by atoms with van der Waals surface area (Å²) in [5.74, 6) is -0.962. The lowest BCUT2D eigenvalue weighted by Gasteiger charge is -2.20. The minimum absolute atomic E-state index is 0.00570. The molecule has 1 saturated carbocycles. The van der Waals surface area contributed by atoms with Crippen LogP contribution in [-0.2, 0) is 15.0 Å². The molecular formula is C22H30N4O4. The van der Waals surface area contributed by atoms with Gasteiger partial charge in [-0.2, -0.15) is 0 Å². The van der Waals surface area contributed by atoms with Crippen LogP contribution < -0.4 is 16.2 Å². The van der Waals surface area contributed by atoms with Gasteiger partial charge in [-0.25, -0.2) is 4.79 Å². The largest absolute Gasteiger partial charge is 0.325 e. The standard InChI is InChI=1S/C22H30N4O4/c1-21(2,3)16-10-8-15(9-11-16)18(28)25-24-17(27)7-6-14-26-19(29)22(23-20(26)30)12-4-5-13-22/h8-11H,4-7,12-14H2,1-3H3,(H,23,30)(H,24,27)(H,25,28). The molecule has 0 radical (unpaired) electrons. The van der Waals surface area contributed by atoms with Crippen LogP contribution in [0.15, 0.2) is 24.3 Å². The number of carbonyl (C=O) groups excluding carboxylic acids is 4. The fourth-order valence-corrected chi connectivity index (χ4v) is 3.98. The van der Waals surface area contributed by atoms with Crippen molar-refractivity contribution in [3.8, 4) is 0 Å². The first-order valence-corrected chi connectivity index (χ1v) is 10.5. The smallest absolute Gasteiger partial charge is 0.323 e. The summed E-state index contributed by atoms with van der Waals surface area (Å²) in [6, 6.07) is 6.85. The average Bonchev–Trinajstić information content (AvgIpc) is 3.26. The summed E-state index contributed by atoms with van der Waals surface area (Å²) in [4.78, 5) is 50.1. The molecule has 1 spiro atoms. The molecule has 8 nitrogen and oxygen atoms in total. The molecule has 1 aliphatic heterocycles. The molecule has 1 aromatic carbocycles. The van der Waals surface area contributed by atoms with Gasteiger partial charge in [0.05, 0.1) is 0 Å². The predicted molar refractivity (Wildman–Crippen MR) is 111 cm³/mol. The second-order valence-electron chi connectivity index (χ2n) is 9.11. The maximum Gasteiger partial charge on any atom is 0.325 e. The lowest BCUT2D eigenvalue weighted by atomic mass is 9.87. The van der Waals surface area contributed by atoms with E-state index in [2.05, 4.69) is 36.9 Å². The Hall–Kier alpha value is -2.90. The summed E-state index contributed by atoms with van der Waals surface area (Å²) in [5, 5.41) is 2.82. The van der Waals surface area contributed by atoms with E-state index < -0.39 is 11.4 Å². The zero-order valence-electron chi connectivity index (χ0n) is 17.8. The van der Waals surface area contributed by atoms with Crippen molar-refractivity contribution in [2.45, 2.75) is 70.3 Å². The second-order valence-corrected chi connectivity index (χ2v) is 9.11. The number of imide groups is 1. The average molecular weight is 415 g/mol. The van der Waals surface area contributed by atoms with Crippen LogP contribution in [0.3, 0.4) is 0 Å². The third-order valence-electron chi connectivity index (χ3n) is 5.82. The maximum absolute atomic E-state index is 12.6. The van der Waals surface area contributed by atoms with Crippen molar-refractivity contribution in [2.24, 2.45) is 0 Å². The monoisotopic (exact) mass is 414 g/mol. The van der Waals surface area contributed by atoms with E-state index in [0.717, 1.165) is 18.4 Å². The van der Waals surface area contributed by atoms with Gasteiger partial charge in [0.2, 0.25) is 5.91 Å². The molecule has 5 amide bonds. The number of rotatable bonds is 5. The van der Waals surface area contributed by atoms with Gasteiger partial charge in [-0.05, 0) is 42.4 Å². The van der Waals surface area contributed by atoms with E-state index in [0.29, 0.717) is 24.8 Å². The van der Waals surface area contributed by atoms with Crippen LogP contribution in [0.5, 0.6) is 0 Å². The van der Waals surface area contributed by atoms with Gasteiger partial charge in [-0.3, -0.25) is 30.1 Å². The van der Waals surface area contributed by atoms with Crippen LogP contribution in [0.4, 0.5) is 4.79 Å². The Balaban J connectivity index is 1.41.